The van der Waals surface area contributed by atoms with Gasteiger partial charge in [0.05, 0.1) is 7.11 Å². The highest BCUT2D eigenvalue weighted by molar-refractivity contribution is 5.33. The second-order valence-electron chi connectivity index (χ2n) is 3.87. The Balaban J connectivity index is 2.36. The van der Waals surface area contributed by atoms with E-state index in [1.54, 1.807) is 0 Å². The fourth-order valence-corrected chi connectivity index (χ4v) is 1.83. The molecule has 0 spiro atoms. The highest BCUT2D eigenvalue weighted by atomic mass is 19.1. The van der Waals surface area contributed by atoms with Crippen molar-refractivity contribution in [3.05, 3.63) is 29.3 Å². The Morgan fingerprint density at radius 2 is 2.07 bits per heavy atom. The predicted molar refractivity (Wildman–Crippen MR) is 52.8 cm³/mol. The van der Waals surface area contributed by atoms with Gasteiger partial charge in [0.2, 0.25) is 0 Å². The van der Waals surface area contributed by atoms with Crippen LogP contribution >= 0.6 is 0 Å². The molecule has 0 bridgehead atoms. The van der Waals surface area contributed by atoms with Crippen LogP contribution in [0.3, 0.4) is 0 Å². The lowest BCUT2D eigenvalue weighted by Gasteiger charge is -2.36. The van der Waals surface area contributed by atoms with E-state index in [4.69, 9.17) is 4.74 Å². The van der Waals surface area contributed by atoms with Crippen LogP contribution in [0.25, 0.3) is 0 Å². The lowest BCUT2D eigenvalue weighted by Crippen LogP contribution is -2.44. The number of halogens is 2. The summed E-state index contributed by atoms with van der Waals surface area (Å²) in [5.41, 5.74) is 0.382. The largest absolute Gasteiger partial charge is 0.494 e. The molecule has 4 heteroatoms. The van der Waals surface area contributed by atoms with Gasteiger partial charge in [-0.25, -0.2) is 8.78 Å². The molecule has 0 aliphatic carbocycles. The topological polar surface area (TPSA) is 21.3 Å². The molecule has 1 saturated heterocycles. The molecule has 1 aromatic rings. The first-order valence-corrected chi connectivity index (χ1v) is 4.89. The summed E-state index contributed by atoms with van der Waals surface area (Å²) in [5.74, 6) is -0.650. The minimum absolute atomic E-state index is 0.0526. The van der Waals surface area contributed by atoms with Crippen LogP contribution in [-0.4, -0.2) is 13.7 Å². The van der Waals surface area contributed by atoms with E-state index in [0.717, 1.165) is 12.6 Å². The fourth-order valence-electron chi connectivity index (χ4n) is 1.83. The van der Waals surface area contributed by atoms with Gasteiger partial charge in [-0.3, -0.25) is 0 Å². The van der Waals surface area contributed by atoms with Gasteiger partial charge in [-0.05, 0) is 12.0 Å². The minimum atomic E-state index is -0.519. The first kappa shape index (κ1) is 10.4. The monoisotopic (exact) mass is 213 g/mol. The zero-order valence-corrected chi connectivity index (χ0v) is 8.68. The van der Waals surface area contributed by atoms with Crippen molar-refractivity contribution in [1.82, 2.24) is 5.32 Å². The molecule has 82 valence electrons. The third-order valence-corrected chi connectivity index (χ3v) is 2.83. The van der Waals surface area contributed by atoms with E-state index in [1.165, 1.54) is 13.2 Å². The quantitative estimate of drug-likeness (QED) is 0.813. The van der Waals surface area contributed by atoms with Crippen LogP contribution in [0.5, 0.6) is 5.75 Å². The number of methoxy groups -OCH3 is 1. The lowest BCUT2D eigenvalue weighted by molar-refractivity contribution is 0.250. The number of nitrogens with one attached hydrogen (secondary N) is 1. The summed E-state index contributed by atoms with van der Waals surface area (Å²) in [6.07, 6.45) is 0. The van der Waals surface area contributed by atoms with Crippen molar-refractivity contribution in [1.29, 1.82) is 0 Å². The average Bonchev–Trinajstić information content (AvgIpc) is 2.20. The van der Waals surface area contributed by atoms with E-state index >= 15 is 0 Å². The molecule has 1 aliphatic rings. The van der Waals surface area contributed by atoms with Gasteiger partial charge >= 0.3 is 0 Å². The molecule has 0 amide bonds. The van der Waals surface area contributed by atoms with Crippen LogP contribution < -0.4 is 10.1 Å². The predicted octanol–water partition coefficient (Wildman–Crippen LogP) is 2.25. The molecule has 2 nitrogen and oxygen atoms in total. The normalized spacial score (nSPS) is 24.8. The minimum Gasteiger partial charge on any atom is -0.494 e. The smallest absolute Gasteiger partial charge is 0.165 e. The van der Waals surface area contributed by atoms with Gasteiger partial charge in [0.1, 0.15) is 5.82 Å². The van der Waals surface area contributed by atoms with Crippen molar-refractivity contribution >= 4 is 0 Å². The molecular formula is C11H13F2NO. The molecule has 1 fully saturated rings. The zero-order valence-electron chi connectivity index (χ0n) is 8.68. The second-order valence-corrected chi connectivity index (χ2v) is 3.87. The molecule has 2 rings (SSSR count). The molecule has 1 heterocycles. The fraction of sp³-hybridized carbons (Fsp3) is 0.455. The summed E-state index contributed by atoms with van der Waals surface area (Å²) in [6, 6.07) is 2.23. The Labute approximate surface area is 87.2 Å². The highest BCUT2D eigenvalue weighted by Crippen LogP contribution is 2.33. The standard InChI is InChI=1S/C11H13F2NO/c1-6-5-14-11(6)7-3-9(13)10(15-2)4-8(7)12/h3-4,6,11,14H,5H2,1-2H3. The van der Waals surface area contributed by atoms with Gasteiger partial charge in [-0.1, -0.05) is 6.92 Å². The van der Waals surface area contributed by atoms with E-state index in [1.807, 2.05) is 6.92 Å². The van der Waals surface area contributed by atoms with Gasteiger partial charge in [0.25, 0.3) is 0 Å². The number of hydrogen-bond donors (Lipinski definition) is 1. The molecule has 0 saturated carbocycles. The molecule has 1 aromatic carbocycles. The molecule has 1 aliphatic heterocycles. The van der Waals surface area contributed by atoms with Gasteiger partial charge < -0.3 is 10.1 Å². The van der Waals surface area contributed by atoms with Gasteiger partial charge in [-0.2, -0.15) is 0 Å². The molecule has 2 atom stereocenters. The SMILES string of the molecule is COc1cc(F)c(C2NCC2C)cc1F. The van der Waals surface area contributed by atoms with Crippen LogP contribution in [0.1, 0.15) is 18.5 Å². The maximum atomic E-state index is 13.6. The van der Waals surface area contributed by atoms with E-state index < -0.39 is 11.6 Å². The van der Waals surface area contributed by atoms with Crippen LogP contribution in [0.2, 0.25) is 0 Å². The molecule has 0 radical (unpaired) electrons. The summed E-state index contributed by atoms with van der Waals surface area (Å²) in [4.78, 5) is 0. The third kappa shape index (κ3) is 1.69. The number of hydrogen-bond acceptors (Lipinski definition) is 2. The van der Waals surface area contributed by atoms with Crippen LogP contribution in [-0.2, 0) is 0 Å². The van der Waals surface area contributed by atoms with Crippen LogP contribution in [0.4, 0.5) is 8.78 Å². The van der Waals surface area contributed by atoms with Crippen molar-refractivity contribution in [2.24, 2.45) is 5.92 Å². The maximum Gasteiger partial charge on any atom is 0.165 e. The Kier molecular flexibility index (Phi) is 2.61. The van der Waals surface area contributed by atoms with E-state index in [2.05, 4.69) is 5.32 Å². The summed E-state index contributed by atoms with van der Waals surface area (Å²) >= 11 is 0. The van der Waals surface area contributed by atoms with Gasteiger partial charge in [0, 0.05) is 24.2 Å². The van der Waals surface area contributed by atoms with E-state index in [9.17, 15) is 8.78 Å². The maximum absolute atomic E-state index is 13.6. The summed E-state index contributed by atoms with van der Waals surface area (Å²) in [6.45, 7) is 2.85. The summed E-state index contributed by atoms with van der Waals surface area (Å²) < 4.78 is 31.6. The van der Waals surface area contributed by atoms with Crippen LogP contribution in [0, 0.1) is 17.6 Å². The molecular weight excluding hydrogens is 200 g/mol. The van der Waals surface area contributed by atoms with E-state index in [0.29, 0.717) is 11.5 Å². The van der Waals surface area contributed by atoms with Crippen molar-refractivity contribution in [2.75, 3.05) is 13.7 Å². The molecule has 1 N–H and O–H groups in total. The van der Waals surface area contributed by atoms with Crippen molar-refractivity contribution in [3.63, 3.8) is 0 Å². The second kappa shape index (κ2) is 3.77. The summed E-state index contributed by atoms with van der Waals surface area (Å²) in [5, 5.41) is 3.07. The molecule has 0 aromatic heterocycles. The number of ether oxygens (including phenoxy) is 1. The average molecular weight is 213 g/mol. The first-order chi connectivity index (χ1) is 7.13. The lowest BCUT2D eigenvalue weighted by atomic mass is 9.87. The van der Waals surface area contributed by atoms with E-state index in [-0.39, 0.29) is 11.8 Å². The van der Waals surface area contributed by atoms with Crippen molar-refractivity contribution in [2.45, 2.75) is 13.0 Å². The Morgan fingerprint density at radius 1 is 1.33 bits per heavy atom. The zero-order chi connectivity index (χ0) is 11.0. The summed E-state index contributed by atoms with van der Waals surface area (Å²) in [7, 11) is 1.32. The Morgan fingerprint density at radius 3 is 2.53 bits per heavy atom. The van der Waals surface area contributed by atoms with Crippen molar-refractivity contribution < 1.29 is 13.5 Å². The third-order valence-electron chi connectivity index (χ3n) is 2.83. The molecule has 2 unspecified atom stereocenters. The van der Waals surface area contributed by atoms with Crippen LogP contribution in [0.15, 0.2) is 12.1 Å². The Hall–Kier alpha value is -1.16. The molecule has 15 heavy (non-hydrogen) atoms. The number of benzene rings is 1. The van der Waals surface area contributed by atoms with Gasteiger partial charge in [0.15, 0.2) is 11.6 Å². The number of rotatable bonds is 2. The van der Waals surface area contributed by atoms with Crippen molar-refractivity contribution in [3.8, 4) is 5.75 Å². The van der Waals surface area contributed by atoms with Gasteiger partial charge in [-0.15, -0.1) is 0 Å². The Bertz CT molecular complexity index is 381. The highest BCUT2D eigenvalue weighted by Gasteiger charge is 2.30. The first-order valence-electron chi connectivity index (χ1n) is 4.89.